The maximum Gasteiger partial charge on any atom is 0.416 e. The minimum Gasteiger partial charge on any atom is -0.313 e. The lowest BCUT2D eigenvalue weighted by molar-refractivity contribution is -0.137. The monoisotopic (exact) mass is 284 g/mol. The summed E-state index contributed by atoms with van der Waals surface area (Å²) in [5.74, 6) is 0.768. The molecule has 0 saturated heterocycles. The molecular formula is C13H15F3N4. The molecule has 7 heteroatoms. The fraction of sp³-hybridized carbons (Fsp3) is 0.385. The van der Waals surface area contributed by atoms with Gasteiger partial charge in [-0.25, -0.2) is 4.98 Å². The van der Waals surface area contributed by atoms with Crippen LogP contribution >= 0.6 is 0 Å². The van der Waals surface area contributed by atoms with Gasteiger partial charge >= 0.3 is 6.18 Å². The van der Waals surface area contributed by atoms with Crippen molar-refractivity contribution in [3.05, 3.63) is 47.5 Å². The molecule has 0 bridgehead atoms. The van der Waals surface area contributed by atoms with Gasteiger partial charge < -0.3 is 5.32 Å². The van der Waals surface area contributed by atoms with E-state index in [1.54, 1.807) is 18.8 Å². The first kappa shape index (κ1) is 14.5. The third kappa shape index (κ3) is 3.16. The number of hydrogen-bond acceptors (Lipinski definition) is 3. The van der Waals surface area contributed by atoms with Crippen molar-refractivity contribution in [2.45, 2.75) is 18.6 Å². The lowest BCUT2D eigenvalue weighted by atomic mass is 10.0. The van der Waals surface area contributed by atoms with Crippen molar-refractivity contribution < 1.29 is 13.2 Å². The van der Waals surface area contributed by atoms with Crippen LogP contribution in [-0.2, 0) is 19.6 Å². The SMILES string of the molecule is CNC(Cc1ncnn1C)c1ccc(C(F)(F)F)cc1. The molecule has 20 heavy (non-hydrogen) atoms. The predicted molar refractivity (Wildman–Crippen MR) is 68.0 cm³/mol. The second kappa shape index (κ2) is 5.62. The largest absolute Gasteiger partial charge is 0.416 e. The number of aromatic nitrogens is 3. The zero-order valence-electron chi connectivity index (χ0n) is 11.1. The van der Waals surface area contributed by atoms with Crippen LogP contribution in [0.1, 0.15) is 23.0 Å². The van der Waals surface area contributed by atoms with Crippen molar-refractivity contribution >= 4 is 0 Å². The first-order valence-electron chi connectivity index (χ1n) is 6.09. The number of halogens is 3. The number of likely N-dealkylation sites (N-methyl/N-ethyl adjacent to an activating group) is 1. The molecule has 2 rings (SSSR count). The fourth-order valence-corrected chi connectivity index (χ4v) is 1.98. The average Bonchev–Trinajstić information content (AvgIpc) is 2.80. The van der Waals surface area contributed by atoms with E-state index in [9.17, 15) is 13.2 Å². The molecule has 0 saturated carbocycles. The van der Waals surface area contributed by atoms with E-state index in [1.807, 2.05) is 0 Å². The van der Waals surface area contributed by atoms with Crippen LogP contribution in [0.25, 0.3) is 0 Å². The van der Waals surface area contributed by atoms with Gasteiger partial charge in [-0.1, -0.05) is 12.1 Å². The van der Waals surface area contributed by atoms with Crippen molar-refractivity contribution in [1.82, 2.24) is 20.1 Å². The molecule has 0 amide bonds. The van der Waals surface area contributed by atoms with E-state index < -0.39 is 11.7 Å². The molecule has 1 atom stereocenters. The quantitative estimate of drug-likeness (QED) is 0.937. The molecule has 1 aromatic heterocycles. The third-order valence-electron chi connectivity index (χ3n) is 3.18. The van der Waals surface area contributed by atoms with E-state index in [-0.39, 0.29) is 6.04 Å². The van der Waals surface area contributed by atoms with Crippen molar-refractivity contribution in [2.24, 2.45) is 7.05 Å². The lowest BCUT2D eigenvalue weighted by Crippen LogP contribution is -2.21. The number of aryl methyl sites for hydroxylation is 1. The Kier molecular flexibility index (Phi) is 4.08. The molecule has 1 unspecified atom stereocenters. The summed E-state index contributed by atoms with van der Waals surface area (Å²) >= 11 is 0. The van der Waals surface area contributed by atoms with E-state index in [0.29, 0.717) is 6.42 Å². The second-order valence-electron chi connectivity index (χ2n) is 4.47. The van der Waals surface area contributed by atoms with Crippen LogP contribution in [0.5, 0.6) is 0 Å². The Labute approximate surface area is 114 Å². The molecule has 0 fully saturated rings. The summed E-state index contributed by atoms with van der Waals surface area (Å²) in [7, 11) is 3.54. The zero-order chi connectivity index (χ0) is 14.8. The van der Waals surface area contributed by atoms with Gasteiger partial charge in [-0.15, -0.1) is 0 Å². The van der Waals surface area contributed by atoms with E-state index in [2.05, 4.69) is 15.4 Å². The molecule has 0 aliphatic rings. The molecule has 1 N–H and O–H groups in total. The van der Waals surface area contributed by atoms with E-state index in [0.717, 1.165) is 23.5 Å². The van der Waals surface area contributed by atoms with Gasteiger partial charge in [0.1, 0.15) is 12.2 Å². The summed E-state index contributed by atoms with van der Waals surface area (Å²) in [5, 5.41) is 7.05. The molecule has 2 aromatic rings. The smallest absolute Gasteiger partial charge is 0.313 e. The Morgan fingerprint density at radius 3 is 2.35 bits per heavy atom. The minimum absolute atomic E-state index is 0.111. The molecule has 4 nitrogen and oxygen atoms in total. The maximum absolute atomic E-state index is 12.5. The first-order chi connectivity index (χ1) is 9.41. The predicted octanol–water partition coefficient (Wildman–Crippen LogP) is 2.34. The highest BCUT2D eigenvalue weighted by atomic mass is 19.4. The van der Waals surface area contributed by atoms with Crippen molar-refractivity contribution in [3.8, 4) is 0 Å². The third-order valence-corrected chi connectivity index (χ3v) is 3.18. The molecule has 0 aliphatic carbocycles. The number of hydrogen-bond donors (Lipinski definition) is 1. The number of rotatable bonds is 4. The molecular weight excluding hydrogens is 269 g/mol. The van der Waals surface area contributed by atoms with Crippen LogP contribution in [0.2, 0.25) is 0 Å². The number of benzene rings is 1. The topological polar surface area (TPSA) is 42.7 Å². The Morgan fingerprint density at radius 2 is 1.90 bits per heavy atom. The minimum atomic E-state index is -4.31. The summed E-state index contributed by atoms with van der Waals surface area (Å²) in [6.45, 7) is 0. The van der Waals surface area contributed by atoms with Gasteiger partial charge in [0.25, 0.3) is 0 Å². The highest BCUT2D eigenvalue weighted by molar-refractivity contribution is 5.27. The van der Waals surface area contributed by atoms with Crippen molar-refractivity contribution in [1.29, 1.82) is 0 Å². The molecule has 1 aromatic carbocycles. The van der Waals surface area contributed by atoms with Gasteiger partial charge in [0.15, 0.2) is 0 Å². The molecule has 0 radical (unpaired) electrons. The highest BCUT2D eigenvalue weighted by Crippen LogP contribution is 2.30. The number of nitrogens with one attached hydrogen (secondary N) is 1. The Balaban J connectivity index is 2.18. The van der Waals surface area contributed by atoms with Crippen LogP contribution < -0.4 is 5.32 Å². The van der Waals surface area contributed by atoms with Gasteiger partial charge in [0, 0.05) is 19.5 Å². The summed E-state index contributed by atoms with van der Waals surface area (Å²) in [6, 6.07) is 5.05. The average molecular weight is 284 g/mol. The molecule has 0 spiro atoms. The molecule has 1 heterocycles. The Morgan fingerprint density at radius 1 is 1.25 bits per heavy atom. The summed E-state index contributed by atoms with van der Waals surface area (Å²) in [6.07, 6.45) is -2.30. The second-order valence-corrected chi connectivity index (χ2v) is 4.47. The number of nitrogens with zero attached hydrogens (tertiary/aromatic N) is 3. The van der Waals surface area contributed by atoms with Crippen molar-refractivity contribution in [3.63, 3.8) is 0 Å². The highest BCUT2D eigenvalue weighted by Gasteiger charge is 2.30. The van der Waals surface area contributed by atoms with Crippen LogP contribution in [0.4, 0.5) is 13.2 Å². The maximum atomic E-state index is 12.5. The fourth-order valence-electron chi connectivity index (χ4n) is 1.98. The summed E-state index contributed by atoms with van der Waals surface area (Å²) in [4.78, 5) is 4.12. The van der Waals surface area contributed by atoms with Gasteiger partial charge in [-0.2, -0.15) is 18.3 Å². The molecule has 0 aliphatic heterocycles. The normalized spacial score (nSPS) is 13.4. The van der Waals surface area contributed by atoms with E-state index in [4.69, 9.17) is 0 Å². The van der Waals surface area contributed by atoms with E-state index >= 15 is 0 Å². The summed E-state index contributed by atoms with van der Waals surface area (Å²) < 4.78 is 39.2. The van der Waals surface area contributed by atoms with Gasteiger partial charge in [0.2, 0.25) is 0 Å². The van der Waals surface area contributed by atoms with E-state index in [1.165, 1.54) is 18.5 Å². The van der Waals surface area contributed by atoms with Crippen LogP contribution in [0.3, 0.4) is 0 Å². The van der Waals surface area contributed by atoms with Crippen LogP contribution in [0, 0.1) is 0 Å². The van der Waals surface area contributed by atoms with Crippen LogP contribution in [-0.4, -0.2) is 21.8 Å². The standard InChI is InChI=1S/C13H15F3N4/c1-17-11(7-12-18-8-19-20(12)2)9-3-5-10(6-4-9)13(14,15)16/h3-6,8,11,17H,7H2,1-2H3. The Bertz CT molecular complexity index is 560. The lowest BCUT2D eigenvalue weighted by Gasteiger charge is -2.17. The first-order valence-corrected chi connectivity index (χ1v) is 6.09. The zero-order valence-corrected chi connectivity index (χ0v) is 11.1. The molecule has 108 valence electrons. The van der Waals surface area contributed by atoms with Gasteiger partial charge in [-0.05, 0) is 24.7 Å². The van der Waals surface area contributed by atoms with Gasteiger partial charge in [-0.3, -0.25) is 4.68 Å². The Hall–Kier alpha value is -1.89. The van der Waals surface area contributed by atoms with Crippen molar-refractivity contribution in [2.75, 3.05) is 7.05 Å². The summed E-state index contributed by atoms with van der Waals surface area (Å²) in [5.41, 5.74) is 0.137. The van der Waals surface area contributed by atoms with Gasteiger partial charge in [0.05, 0.1) is 5.56 Å². The van der Waals surface area contributed by atoms with Crippen LogP contribution in [0.15, 0.2) is 30.6 Å². The number of alkyl halides is 3.